The van der Waals surface area contributed by atoms with Crippen LogP contribution in [0.1, 0.15) is 61.8 Å². The molecule has 0 aliphatic carbocycles. The van der Waals surface area contributed by atoms with Gasteiger partial charge in [-0.15, -0.1) is 0 Å². The smallest absolute Gasteiger partial charge is 0.123 e. The van der Waals surface area contributed by atoms with Crippen LogP contribution >= 0.6 is 0 Å². The van der Waals surface area contributed by atoms with Crippen molar-refractivity contribution in [3.63, 3.8) is 0 Å². The Morgan fingerprint density at radius 2 is 1.09 bits per heavy atom. The number of benzene rings is 4. The zero-order chi connectivity index (χ0) is 37.0. The van der Waals surface area contributed by atoms with Crippen molar-refractivity contribution in [1.82, 2.24) is 19.8 Å². The van der Waals surface area contributed by atoms with Gasteiger partial charge in [0.1, 0.15) is 17.3 Å². The number of nitrogens with zero attached hydrogens (tertiary/aromatic N) is 2. The fourth-order valence-corrected chi connectivity index (χ4v) is 8.10. The molecule has 6 aromatic rings. The quantitative estimate of drug-likeness (QED) is 0.132. The third kappa shape index (κ3) is 9.89. The minimum atomic E-state index is -0.164. The number of nitrogens with one attached hydrogen (secondary N) is 2. The van der Waals surface area contributed by atoms with Gasteiger partial charge in [-0.3, -0.25) is 9.80 Å². The lowest BCUT2D eigenvalue weighted by atomic mass is 10.0. The van der Waals surface area contributed by atoms with Crippen LogP contribution in [0.4, 0.5) is 4.39 Å². The highest BCUT2D eigenvalue weighted by Gasteiger charge is 2.26. The molecule has 0 amide bonds. The molecule has 2 aliphatic heterocycles. The number of H-pyrrole nitrogens is 2. The van der Waals surface area contributed by atoms with Crippen LogP contribution < -0.4 is 9.47 Å². The number of halogens is 1. The monoisotopic (exact) mass is 716 g/mol. The molecule has 2 atom stereocenters. The van der Waals surface area contributed by atoms with Crippen LogP contribution in [0.15, 0.2) is 103 Å². The number of aromatic amines is 2. The zero-order valence-electron chi connectivity index (χ0n) is 32.0. The number of rotatable bonds is 12. The second-order valence-electron chi connectivity index (χ2n) is 14.1. The van der Waals surface area contributed by atoms with Crippen molar-refractivity contribution in [3.05, 3.63) is 131 Å². The minimum Gasteiger partial charge on any atom is -0.497 e. The van der Waals surface area contributed by atoms with Gasteiger partial charge in [-0.1, -0.05) is 56.3 Å². The highest BCUT2D eigenvalue weighted by atomic mass is 19.1. The number of hydrogen-bond acceptors (Lipinski definition) is 4. The summed E-state index contributed by atoms with van der Waals surface area (Å²) in [6.07, 6.45) is 13.7. The summed E-state index contributed by atoms with van der Waals surface area (Å²) in [5.41, 5.74) is 7.77. The Kier molecular flexibility index (Phi) is 13.6. The molecule has 2 N–H and O–H groups in total. The fourth-order valence-electron chi connectivity index (χ4n) is 8.10. The van der Waals surface area contributed by atoms with Crippen molar-refractivity contribution in [2.75, 3.05) is 40.4 Å². The Morgan fingerprint density at radius 1 is 0.623 bits per heavy atom. The summed E-state index contributed by atoms with van der Waals surface area (Å²) in [5.74, 6) is 1.67. The van der Waals surface area contributed by atoms with Crippen molar-refractivity contribution in [2.45, 2.75) is 77.3 Å². The van der Waals surface area contributed by atoms with Gasteiger partial charge in [-0.2, -0.15) is 0 Å². The van der Waals surface area contributed by atoms with Gasteiger partial charge in [0.2, 0.25) is 0 Å². The Morgan fingerprint density at radius 3 is 1.57 bits per heavy atom. The maximum absolute atomic E-state index is 13.1. The van der Waals surface area contributed by atoms with Gasteiger partial charge in [-0.25, -0.2) is 4.39 Å². The largest absolute Gasteiger partial charge is 0.497 e. The SMILES string of the molecule is CC.COc1ccc2[nH]cc(CC3CCCN3CCc3ccc(F)cc3)c2c1.COc1ccc2[nH]cc(CC3CCCN3CCc3ccccc3)c2c1. The van der Waals surface area contributed by atoms with E-state index in [2.05, 4.69) is 86.8 Å². The third-order valence-corrected chi connectivity index (χ3v) is 11.0. The lowest BCUT2D eigenvalue weighted by Crippen LogP contribution is -2.32. The summed E-state index contributed by atoms with van der Waals surface area (Å²) in [4.78, 5) is 12.1. The lowest BCUT2D eigenvalue weighted by Gasteiger charge is -2.24. The molecule has 280 valence electrons. The summed E-state index contributed by atoms with van der Waals surface area (Å²) in [6.45, 7) is 8.56. The topological polar surface area (TPSA) is 56.5 Å². The van der Waals surface area contributed by atoms with Crippen LogP contribution in [0.25, 0.3) is 21.8 Å². The van der Waals surface area contributed by atoms with Crippen LogP contribution in [0.5, 0.6) is 11.5 Å². The maximum Gasteiger partial charge on any atom is 0.123 e. The normalized spacial score (nSPS) is 17.4. The van der Waals surface area contributed by atoms with Crippen LogP contribution in [0, 0.1) is 5.82 Å². The number of ether oxygens (including phenoxy) is 2. The molecular formula is C46H57FN4O2. The Bertz CT molecular complexity index is 1990. The molecule has 0 spiro atoms. The highest BCUT2D eigenvalue weighted by Crippen LogP contribution is 2.30. The second-order valence-corrected chi connectivity index (χ2v) is 14.1. The molecule has 6 nitrogen and oxygen atoms in total. The predicted molar refractivity (Wildman–Crippen MR) is 218 cm³/mol. The Balaban J connectivity index is 0.000000173. The van der Waals surface area contributed by atoms with Gasteiger partial charge < -0.3 is 19.4 Å². The number of fused-ring (bicyclic) bond motifs is 2. The molecule has 53 heavy (non-hydrogen) atoms. The molecule has 2 fully saturated rings. The summed E-state index contributed by atoms with van der Waals surface area (Å²) >= 11 is 0. The minimum absolute atomic E-state index is 0.164. The molecule has 2 aromatic heterocycles. The van der Waals surface area contributed by atoms with E-state index in [1.165, 1.54) is 70.8 Å². The van der Waals surface area contributed by atoms with Gasteiger partial charge in [0.05, 0.1) is 14.2 Å². The van der Waals surface area contributed by atoms with Crippen LogP contribution in [0.3, 0.4) is 0 Å². The van der Waals surface area contributed by atoms with Crippen molar-refractivity contribution in [3.8, 4) is 11.5 Å². The number of hydrogen-bond donors (Lipinski definition) is 2. The van der Waals surface area contributed by atoms with Crippen LogP contribution in [-0.2, 0) is 25.7 Å². The first-order chi connectivity index (χ1) is 26.1. The van der Waals surface area contributed by atoms with Gasteiger partial charge in [-0.05, 0) is 135 Å². The van der Waals surface area contributed by atoms with E-state index in [-0.39, 0.29) is 5.82 Å². The molecule has 8 rings (SSSR count). The molecule has 0 radical (unpaired) electrons. The van der Waals surface area contributed by atoms with E-state index in [1.54, 1.807) is 26.4 Å². The van der Waals surface area contributed by atoms with Gasteiger partial charge in [0, 0.05) is 59.4 Å². The summed E-state index contributed by atoms with van der Waals surface area (Å²) in [7, 11) is 3.44. The standard InChI is InChI=1S/C22H25FN2O.C22H26N2O.C2H6/c1-26-20-8-9-22-21(14-20)17(15-24-22)13-19-3-2-11-25(19)12-10-16-4-6-18(23)7-5-16;1-25-20-9-10-22-21(15-20)18(16-23-22)14-19-8-5-12-24(19)13-11-17-6-3-2-4-7-17;1-2/h4-9,14-15,19,24H,2-3,10-13H2,1H3;2-4,6-7,9-10,15-16,19,23H,5,8,11-14H2,1H3;1-2H3. The molecule has 0 saturated carbocycles. The van der Waals surface area contributed by atoms with Crippen molar-refractivity contribution in [2.24, 2.45) is 0 Å². The summed E-state index contributed by atoms with van der Waals surface area (Å²) < 4.78 is 23.8. The first-order valence-corrected chi connectivity index (χ1v) is 19.6. The number of likely N-dealkylation sites (tertiary alicyclic amines) is 2. The molecule has 7 heteroatoms. The molecule has 2 unspecified atom stereocenters. The highest BCUT2D eigenvalue weighted by molar-refractivity contribution is 5.85. The van der Waals surface area contributed by atoms with Gasteiger partial charge >= 0.3 is 0 Å². The first-order valence-electron chi connectivity index (χ1n) is 19.6. The molecule has 0 bridgehead atoms. The number of aromatic nitrogens is 2. The Labute approximate surface area is 315 Å². The van der Waals surface area contributed by atoms with Crippen molar-refractivity contribution < 1.29 is 13.9 Å². The van der Waals surface area contributed by atoms with Gasteiger partial charge in [0.15, 0.2) is 0 Å². The van der Waals surface area contributed by atoms with E-state index >= 15 is 0 Å². The predicted octanol–water partition coefficient (Wildman–Crippen LogP) is 10.0. The van der Waals surface area contributed by atoms with Crippen LogP contribution in [0.2, 0.25) is 0 Å². The van der Waals surface area contributed by atoms with E-state index in [9.17, 15) is 4.39 Å². The van der Waals surface area contributed by atoms with Crippen molar-refractivity contribution in [1.29, 1.82) is 0 Å². The fraction of sp³-hybridized carbons (Fsp3) is 0.391. The van der Waals surface area contributed by atoms with E-state index < -0.39 is 0 Å². The first kappa shape index (κ1) is 38.1. The van der Waals surface area contributed by atoms with E-state index in [4.69, 9.17) is 9.47 Å². The molecular weight excluding hydrogens is 660 g/mol. The van der Waals surface area contributed by atoms with Gasteiger partial charge in [0.25, 0.3) is 0 Å². The second kappa shape index (κ2) is 18.9. The zero-order valence-corrected chi connectivity index (χ0v) is 32.0. The molecule has 4 heterocycles. The van der Waals surface area contributed by atoms with E-state index in [0.29, 0.717) is 12.1 Å². The Hall–Kier alpha value is -4.59. The average molecular weight is 717 g/mol. The number of methoxy groups -OCH3 is 2. The lowest BCUT2D eigenvalue weighted by molar-refractivity contribution is 0.256. The van der Waals surface area contributed by atoms with Crippen molar-refractivity contribution >= 4 is 21.8 Å². The maximum atomic E-state index is 13.1. The molecule has 2 aliphatic rings. The van der Waals surface area contributed by atoms with Crippen LogP contribution in [-0.4, -0.2) is 72.3 Å². The third-order valence-electron chi connectivity index (χ3n) is 11.0. The summed E-state index contributed by atoms with van der Waals surface area (Å²) in [5, 5.41) is 2.56. The summed E-state index contributed by atoms with van der Waals surface area (Å²) in [6, 6.07) is 31.4. The molecule has 2 saturated heterocycles. The van der Waals surface area contributed by atoms with E-state index in [1.807, 2.05) is 38.1 Å². The average Bonchev–Trinajstić information content (AvgIpc) is 4.03. The van der Waals surface area contributed by atoms with E-state index in [0.717, 1.165) is 62.3 Å². The molecule has 4 aromatic carbocycles.